The molecule has 0 fully saturated rings. The van der Waals surface area contributed by atoms with Crippen molar-refractivity contribution in [1.82, 2.24) is 0 Å². The Morgan fingerprint density at radius 3 is 0.958 bits per heavy atom. The summed E-state index contributed by atoms with van der Waals surface area (Å²) in [5, 5.41) is 0. The normalized spacial score (nSPS) is 12.8. The fourth-order valence-electron chi connectivity index (χ4n) is 2.52. The van der Waals surface area contributed by atoms with Crippen LogP contribution in [0, 0.1) is 0 Å². The molecule has 0 rings (SSSR count). The maximum atomic E-state index is 5.89. The van der Waals surface area contributed by atoms with Crippen LogP contribution in [0.3, 0.4) is 0 Å². The summed E-state index contributed by atoms with van der Waals surface area (Å²) >= 11 is 0. The molecule has 0 unspecified atom stereocenters. The Bertz CT molecular complexity index is 243. The van der Waals surface area contributed by atoms with Gasteiger partial charge >= 0.3 is 0 Å². The van der Waals surface area contributed by atoms with Crippen LogP contribution in [-0.4, -0.2) is 24.4 Å². The Labute approximate surface area is 153 Å². The van der Waals surface area contributed by atoms with Gasteiger partial charge in [-0.05, 0) is 53.4 Å². The van der Waals surface area contributed by atoms with Crippen LogP contribution in [0.4, 0.5) is 0 Å². The molecule has 0 spiro atoms. The summed E-state index contributed by atoms with van der Waals surface area (Å²) in [6.45, 7) is 15.0. The largest absolute Gasteiger partial charge is 0.376 e. The highest BCUT2D eigenvalue weighted by Crippen LogP contribution is 2.16. The minimum absolute atomic E-state index is 0.0668. The average Bonchev–Trinajstić information content (AvgIpc) is 2.55. The smallest absolute Gasteiger partial charge is 0.0623 e. The summed E-state index contributed by atoms with van der Waals surface area (Å²) in [5.74, 6) is 0. The molecule has 0 aliphatic heterocycles. The van der Waals surface area contributed by atoms with E-state index in [-0.39, 0.29) is 11.2 Å². The van der Waals surface area contributed by atoms with Gasteiger partial charge in [0, 0.05) is 13.2 Å². The molecule has 24 heavy (non-hydrogen) atoms. The predicted molar refractivity (Wildman–Crippen MR) is 107 cm³/mol. The second-order valence-corrected chi connectivity index (χ2v) is 8.46. The van der Waals surface area contributed by atoms with Gasteiger partial charge in [0.1, 0.15) is 0 Å². The Balaban J connectivity index is 3.18. The summed E-state index contributed by atoms with van der Waals surface area (Å²) in [4.78, 5) is 0. The van der Waals surface area contributed by atoms with E-state index in [2.05, 4.69) is 41.5 Å². The lowest BCUT2D eigenvalue weighted by molar-refractivity contribution is -0.0220. The second kappa shape index (κ2) is 14.1. The zero-order valence-electron chi connectivity index (χ0n) is 17.7. The molecule has 0 saturated carbocycles. The lowest BCUT2D eigenvalue weighted by Gasteiger charge is -2.23. The van der Waals surface area contributed by atoms with Gasteiger partial charge in [0.2, 0.25) is 0 Å². The molecule has 0 bridgehead atoms. The van der Waals surface area contributed by atoms with Crippen molar-refractivity contribution in [3.05, 3.63) is 0 Å². The number of rotatable bonds is 17. The first kappa shape index (κ1) is 23.9. The van der Waals surface area contributed by atoms with Crippen LogP contribution < -0.4 is 0 Å². The first-order valence-electron chi connectivity index (χ1n) is 10.6. The van der Waals surface area contributed by atoms with Crippen molar-refractivity contribution in [2.45, 2.75) is 130 Å². The van der Waals surface area contributed by atoms with Crippen molar-refractivity contribution in [2.75, 3.05) is 13.2 Å². The monoisotopic (exact) mass is 342 g/mol. The minimum Gasteiger partial charge on any atom is -0.376 e. The van der Waals surface area contributed by atoms with Gasteiger partial charge in [0.25, 0.3) is 0 Å². The zero-order valence-corrected chi connectivity index (χ0v) is 17.7. The molecule has 0 heterocycles. The molecule has 0 radical (unpaired) electrons. The Morgan fingerprint density at radius 1 is 0.458 bits per heavy atom. The third kappa shape index (κ3) is 15.4. The van der Waals surface area contributed by atoms with E-state index < -0.39 is 0 Å². The fourth-order valence-corrected chi connectivity index (χ4v) is 2.52. The van der Waals surface area contributed by atoms with Gasteiger partial charge in [-0.15, -0.1) is 0 Å². The summed E-state index contributed by atoms with van der Waals surface area (Å²) in [6.07, 6.45) is 15.6. The van der Waals surface area contributed by atoms with E-state index >= 15 is 0 Å². The Morgan fingerprint density at radius 2 is 0.708 bits per heavy atom. The lowest BCUT2D eigenvalue weighted by Crippen LogP contribution is -2.23. The van der Waals surface area contributed by atoms with Crippen molar-refractivity contribution in [3.8, 4) is 0 Å². The molecule has 0 aromatic rings. The van der Waals surface area contributed by atoms with Crippen molar-refractivity contribution < 1.29 is 9.47 Å². The molecule has 146 valence electrons. The summed E-state index contributed by atoms with van der Waals surface area (Å²) < 4.78 is 11.8. The highest BCUT2D eigenvalue weighted by Gasteiger charge is 2.14. The van der Waals surface area contributed by atoms with E-state index in [4.69, 9.17) is 9.47 Å². The number of unbranched alkanes of at least 4 members (excludes halogenated alkanes) is 9. The Hall–Kier alpha value is -0.0800. The molecule has 0 N–H and O–H groups in total. The number of ether oxygens (including phenoxy) is 2. The van der Waals surface area contributed by atoms with Gasteiger partial charge in [0.05, 0.1) is 11.2 Å². The van der Waals surface area contributed by atoms with Crippen LogP contribution in [-0.2, 0) is 9.47 Å². The first-order chi connectivity index (χ1) is 11.3. The first-order valence-corrected chi connectivity index (χ1v) is 10.6. The molecular formula is C22H46O2. The van der Waals surface area contributed by atoms with Crippen LogP contribution in [0.1, 0.15) is 119 Å². The number of hydrogen-bond donors (Lipinski definition) is 0. The summed E-state index contributed by atoms with van der Waals surface area (Å²) in [5.41, 5.74) is 0.134. The highest BCUT2D eigenvalue weighted by molar-refractivity contribution is 4.65. The van der Waals surface area contributed by atoms with Gasteiger partial charge in [-0.25, -0.2) is 0 Å². The van der Waals surface area contributed by atoms with Gasteiger partial charge in [-0.3, -0.25) is 0 Å². The van der Waals surface area contributed by atoms with Gasteiger partial charge in [-0.1, -0.05) is 65.2 Å². The van der Waals surface area contributed by atoms with Crippen molar-refractivity contribution in [3.63, 3.8) is 0 Å². The molecule has 2 nitrogen and oxygen atoms in total. The standard InChI is InChI=1S/C22H46O2/c1-7-21(3,4)23-19-17-15-13-11-9-10-12-14-16-18-20-24-22(5,6)8-2/h7-20H2,1-6H3. The van der Waals surface area contributed by atoms with E-state index in [1.165, 1.54) is 64.2 Å². The maximum absolute atomic E-state index is 5.89. The average molecular weight is 343 g/mol. The van der Waals surface area contributed by atoms with E-state index in [1.807, 2.05) is 0 Å². The van der Waals surface area contributed by atoms with E-state index in [0.29, 0.717) is 0 Å². The molecule has 2 heteroatoms. The van der Waals surface area contributed by atoms with Crippen molar-refractivity contribution >= 4 is 0 Å². The van der Waals surface area contributed by atoms with E-state index in [0.717, 1.165) is 26.1 Å². The molecule has 0 atom stereocenters. The van der Waals surface area contributed by atoms with Crippen LogP contribution in [0.2, 0.25) is 0 Å². The van der Waals surface area contributed by atoms with Crippen molar-refractivity contribution in [2.24, 2.45) is 0 Å². The zero-order chi connectivity index (χ0) is 18.3. The summed E-state index contributed by atoms with van der Waals surface area (Å²) in [6, 6.07) is 0. The SMILES string of the molecule is CCC(C)(C)OCCCCCCCCCCCCOC(C)(C)CC. The van der Waals surface area contributed by atoms with E-state index in [1.54, 1.807) is 0 Å². The molecule has 0 saturated heterocycles. The predicted octanol–water partition coefficient (Wildman–Crippen LogP) is 7.30. The number of hydrogen-bond acceptors (Lipinski definition) is 2. The topological polar surface area (TPSA) is 18.5 Å². The van der Waals surface area contributed by atoms with Crippen LogP contribution in [0.15, 0.2) is 0 Å². The van der Waals surface area contributed by atoms with Crippen LogP contribution in [0.5, 0.6) is 0 Å². The van der Waals surface area contributed by atoms with Crippen LogP contribution >= 0.6 is 0 Å². The van der Waals surface area contributed by atoms with Crippen molar-refractivity contribution in [1.29, 1.82) is 0 Å². The Kier molecular flexibility index (Phi) is 14.1. The second-order valence-electron chi connectivity index (χ2n) is 8.46. The maximum Gasteiger partial charge on any atom is 0.0623 e. The van der Waals surface area contributed by atoms with Gasteiger partial charge < -0.3 is 9.47 Å². The third-order valence-corrected chi connectivity index (χ3v) is 5.23. The van der Waals surface area contributed by atoms with Crippen LogP contribution in [0.25, 0.3) is 0 Å². The highest BCUT2D eigenvalue weighted by atomic mass is 16.5. The molecule has 0 aromatic heterocycles. The lowest BCUT2D eigenvalue weighted by atomic mass is 10.1. The minimum atomic E-state index is 0.0668. The molecule has 0 aromatic carbocycles. The molecule has 0 aliphatic rings. The van der Waals surface area contributed by atoms with E-state index in [9.17, 15) is 0 Å². The fraction of sp³-hybridized carbons (Fsp3) is 1.00. The molecule has 0 aliphatic carbocycles. The van der Waals surface area contributed by atoms with Gasteiger partial charge in [0.15, 0.2) is 0 Å². The summed E-state index contributed by atoms with van der Waals surface area (Å²) in [7, 11) is 0. The third-order valence-electron chi connectivity index (χ3n) is 5.23. The van der Waals surface area contributed by atoms with Gasteiger partial charge in [-0.2, -0.15) is 0 Å². The molecular weight excluding hydrogens is 296 g/mol. The molecule has 0 amide bonds. The quantitative estimate of drug-likeness (QED) is 0.258.